The van der Waals surface area contributed by atoms with Crippen LogP contribution in [0.1, 0.15) is 38.1 Å². The Labute approximate surface area is 125 Å². The number of rotatable bonds is 6. The molecule has 118 valence electrons. The third-order valence-electron chi connectivity index (χ3n) is 2.94. The lowest BCUT2D eigenvalue weighted by molar-refractivity contribution is 0.0692. The van der Waals surface area contributed by atoms with Gasteiger partial charge in [0.25, 0.3) is 0 Å². The summed E-state index contributed by atoms with van der Waals surface area (Å²) in [7, 11) is -3.89. The van der Waals surface area contributed by atoms with Gasteiger partial charge in [0.2, 0.25) is 10.0 Å². The summed E-state index contributed by atoms with van der Waals surface area (Å²) in [5.74, 6) is -1.18. The van der Waals surface area contributed by atoms with Gasteiger partial charge in [0.15, 0.2) is 0 Å². The van der Waals surface area contributed by atoms with Crippen molar-refractivity contribution < 1.29 is 18.3 Å². The summed E-state index contributed by atoms with van der Waals surface area (Å²) in [5.41, 5.74) is 5.47. The molecule has 1 aromatic rings. The van der Waals surface area contributed by atoms with Crippen molar-refractivity contribution in [1.82, 2.24) is 4.31 Å². The Hall–Kier alpha value is -1.60. The largest absolute Gasteiger partial charge is 0.478 e. The molecule has 0 amide bonds. The standard InChI is InChI=1S/C14H22N2O4S/c1-9(2)8-16(10(3)4)21(19,20)13-6-5-11(15)7-12(13)14(17)18/h5-7,9-10H,8,15H2,1-4H3,(H,17,18). The van der Waals surface area contributed by atoms with Gasteiger partial charge in [-0.2, -0.15) is 4.31 Å². The van der Waals surface area contributed by atoms with E-state index in [1.54, 1.807) is 13.8 Å². The molecule has 3 N–H and O–H groups in total. The molecule has 0 aliphatic carbocycles. The average Bonchev–Trinajstić information content (AvgIpc) is 2.34. The highest BCUT2D eigenvalue weighted by Crippen LogP contribution is 2.25. The number of carboxylic acids is 1. The van der Waals surface area contributed by atoms with E-state index in [-0.39, 0.29) is 28.1 Å². The van der Waals surface area contributed by atoms with E-state index in [1.165, 1.54) is 22.5 Å². The highest BCUT2D eigenvalue weighted by atomic mass is 32.2. The number of hydrogen-bond acceptors (Lipinski definition) is 4. The maximum atomic E-state index is 12.8. The first kappa shape index (κ1) is 17.5. The first-order chi connectivity index (χ1) is 9.57. The van der Waals surface area contributed by atoms with Crippen LogP contribution < -0.4 is 5.73 Å². The fourth-order valence-electron chi connectivity index (χ4n) is 2.01. The van der Waals surface area contributed by atoms with Gasteiger partial charge in [-0.25, -0.2) is 13.2 Å². The van der Waals surface area contributed by atoms with Crippen LogP contribution in [0.3, 0.4) is 0 Å². The van der Waals surface area contributed by atoms with Crippen molar-refractivity contribution in [1.29, 1.82) is 0 Å². The molecule has 1 aromatic carbocycles. The van der Waals surface area contributed by atoms with Gasteiger partial charge in [0.1, 0.15) is 0 Å². The lowest BCUT2D eigenvalue weighted by Gasteiger charge is -2.28. The van der Waals surface area contributed by atoms with Crippen molar-refractivity contribution >= 4 is 21.7 Å². The van der Waals surface area contributed by atoms with Gasteiger partial charge < -0.3 is 10.8 Å². The van der Waals surface area contributed by atoms with Crippen molar-refractivity contribution in [2.45, 2.75) is 38.6 Å². The van der Waals surface area contributed by atoms with Gasteiger partial charge >= 0.3 is 5.97 Å². The topological polar surface area (TPSA) is 101 Å². The molecule has 0 unspecified atom stereocenters. The minimum absolute atomic E-state index is 0.129. The van der Waals surface area contributed by atoms with Crippen molar-refractivity contribution in [2.24, 2.45) is 5.92 Å². The Kier molecular flexibility index (Phi) is 5.36. The molecule has 0 bridgehead atoms. The molecular formula is C14H22N2O4S. The molecule has 0 fully saturated rings. The van der Waals surface area contributed by atoms with E-state index < -0.39 is 16.0 Å². The second kappa shape index (κ2) is 6.44. The van der Waals surface area contributed by atoms with E-state index >= 15 is 0 Å². The molecule has 7 heteroatoms. The fraction of sp³-hybridized carbons (Fsp3) is 0.500. The highest BCUT2D eigenvalue weighted by Gasteiger charge is 2.31. The lowest BCUT2D eigenvalue weighted by Crippen LogP contribution is -2.40. The van der Waals surface area contributed by atoms with Crippen molar-refractivity contribution in [3.05, 3.63) is 23.8 Å². The first-order valence-corrected chi connectivity index (χ1v) is 8.16. The van der Waals surface area contributed by atoms with Crippen molar-refractivity contribution in [3.63, 3.8) is 0 Å². The molecule has 0 atom stereocenters. The maximum absolute atomic E-state index is 12.8. The minimum Gasteiger partial charge on any atom is -0.478 e. The van der Waals surface area contributed by atoms with Gasteiger partial charge in [-0.15, -0.1) is 0 Å². The van der Waals surface area contributed by atoms with Crippen LogP contribution in [-0.4, -0.2) is 36.4 Å². The zero-order valence-corrected chi connectivity index (χ0v) is 13.5. The van der Waals surface area contributed by atoms with Crippen LogP contribution in [0.15, 0.2) is 23.1 Å². The minimum atomic E-state index is -3.89. The van der Waals surface area contributed by atoms with Crippen LogP contribution >= 0.6 is 0 Å². The summed E-state index contributed by atoms with van der Waals surface area (Å²) in [6.07, 6.45) is 0. The van der Waals surface area contributed by atoms with Crippen molar-refractivity contribution in [3.8, 4) is 0 Å². The number of aromatic carboxylic acids is 1. The molecule has 21 heavy (non-hydrogen) atoms. The number of nitrogen functional groups attached to an aromatic ring is 1. The van der Waals surface area contributed by atoms with E-state index in [4.69, 9.17) is 5.73 Å². The van der Waals surface area contributed by atoms with Gasteiger partial charge in [-0.1, -0.05) is 13.8 Å². The molecular weight excluding hydrogens is 292 g/mol. The second-order valence-electron chi connectivity index (χ2n) is 5.62. The number of carboxylic acid groups (broad SMARTS) is 1. The molecule has 0 spiro atoms. The predicted octanol–water partition coefficient (Wildman–Crippen LogP) is 2.02. The van der Waals surface area contributed by atoms with E-state index in [9.17, 15) is 18.3 Å². The predicted molar refractivity (Wildman–Crippen MR) is 81.7 cm³/mol. The molecule has 6 nitrogen and oxygen atoms in total. The van der Waals surface area contributed by atoms with Gasteiger partial charge in [-0.3, -0.25) is 0 Å². The van der Waals surface area contributed by atoms with E-state index in [2.05, 4.69) is 0 Å². The normalized spacial score (nSPS) is 12.3. The Balaban J connectivity index is 3.45. The molecule has 0 heterocycles. The van der Waals surface area contributed by atoms with Crippen LogP contribution in [0, 0.1) is 5.92 Å². The zero-order valence-electron chi connectivity index (χ0n) is 12.7. The van der Waals surface area contributed by atoms with Crippen molar-refractivity contribution in [2.75, 3.05) is 12.3 Å². The number of carbonyl (C=O) groups is 1. The average molecular weight is 314 g/mol. The van der Waals surface area contributed by atoms with Crippen LogP contribution in [0.25, 0.3) is 0 Å². The number of nitrogens with two attached hydrogens (primary N) is 1. The van der Waals surface area contributed by atoms with E-state index in [0.29, 0.717) is 6.54 Å². The maximum Gasteiger partial charge on any atom is 0.337 e. The summed E-state index contributed by atoms with van der Waals surface area (Å²) in [5, 5.41) is 9.22. The number of hydrogen-bond donors (Lipinski definition) is 2. The SMILES string of the molecule is CC(C)CN(C(C)C)S(=O)(=O)c1ccc(N)cc1C(=O)O. The Morgan fingerprint density at radius 2 is 1.86 bits per heavy atom. The molecule has 0 aliphatic heterocycles. The molecule has 1 rings (SSSR count). The third kappa shape index (κ3) is 3.95. The zero-order chi connectivity index (χ0) is 16.4. The number of sulfonamides is 1. The first-order valence-electron chi connectivity index (χ1n) is 6.72. The summed E-state index contributed by atoms with van der Waals surface area (Å²) in [4.78, 5) is 11.1. The Morgan fingerprint density at radius 3 is 2.29 bits per heavy atom. The molecule has 0 saturated heterocycles. The fourth-order valence-corrected chi connectivity index (χ4v) is 3.98. The lowest BCUT2D eigenvalue weighted by atomic mass is 10.2. The van der Waals surface area contributed by atoms with Crippen LogP contribution in [0.4, 0.5) is 5.69 Å². The Morgan fingerprint density at radius 1 is 1.29 bits per heavy atom. The molecule has 0 saturated carbocycles. The third-order valence-corrected chi connectivity index (χ3v) is 5.04. The number of benzene rings is 1. The summed E-state index contributed by atoms with van der Waals surface area (Å²) in [6, 6.07) is 3.55. The quantitative estimate of drug-likeness (QED) is 0.782. The smallest absolute Gasteiger partial charge is 0.337 e. The van der Waals surface area contributed by atoms with Crippen LogP contribution in [0.2, 0.25) is 0 Å². The number of anilines is 1. The van der Waals surface area contributed by atoms with E-state index in [0.717, 1.165) is 0 Å². The summed E-state index contributed by atoms with van der Waals surface area (Å²) in [6.45, 7) is 7.66. The monoisotopic (exact) mass is 314 g/mol. The van der Waals surface area contributed by atoms with Gasteiger partial charge in [0, 0.05) is 18.3 Å². The van der Waals surface area contributed by atoms with Crippen LogP contribution in [-0.2, 0) is 10.0 Å². The number of nitrogens with zero attached hydrogens (tertiary/aromatic N) is 1. The van der Waals surface area contributed by atoms with Crippen LogP contribution in [0.5, 0.6) is 0 Å². The molecule has 0 aromatic heterocycles. The molecule has 0 aliphatic rings. The summed E-state index contributed by atoms with van der Waals surface area (Å²) < 4.78 is 26.9. The summed E-state index contributed by atoms with van der Waals surface area (Å²) >= 11 is 0. The second-order valence-corrected chi connectivity index (χ2v) is 7.48. The highest BCUT2D eigenvalue weighted by molar-refractivity contribution is 7.89. The van der Waals surface area contributed by atoms with Gasteiger partial charge in [0.05, 0.1) is 10.5 Å². The molecule has 0 radical (unpaired) electrons. The Bertz CT molecular complexity index is 624. The van der Waals surface area contributed by atoms with E-state index in [1.807, 2.05) is 13.8 Å². The van der Waals surface area contributed by atoms with Gasteiger partial charge in [-0.05, 0) is 38.0 Å².